The number of para-hydroxylation sites is 1. The molecule has 0 radical (unpaired) electrons. The Kier molecular flexibility index (Phi) is 7.23. The van der Waals surface area contributed by atoms with Gasteiger partial charge >= 0.3 is 0 Å². The first kappa shape index (κ1) is 28.5. The Bertz CT molecular complexity index is 1760. The molecule has 1 aromatic heterocycles. The van der Waals surface area contributed by atoms with Crippen molar-refractivity contribution in [2.75, 3.05) is 24.5 Å². The fourth-order valence-corrected chi connectivity index (χ4v) is 7.77. The van der Waals surface area contributed by atoms with E-state index < -0.39 is 38.9 Å². The Morgan fingerprint density at radius 3 is 2.37 bits per heavy atom. The lowest BCUT2D eigenvalue weighted by Crippen LogP contribution is -2.51. The number of amides is 2. The number of aliphatic hydroxyl groups is 1. The van der Waals surface area contributed by atoms with Crippen LogP contribution in [0.25, 0.3) is 5.76 Å². The highest BCUT2D eigenvalue weighted by Crippen LogP contribution is 2.54. The number of ketones is 1. The van der Waals surface area contributed by atoms with Gasteiger partial charge in [0, 0.05) is 49.7 Å². The number of aromatic nitrogens is 1. The fourth-order valence-electron chi connectivity index (χ4n) is 6.26. The van der Waals surface area contributed by atoms with E-state index in [1.807, 2.05) is 0 Å². The SMILES string of the molecule is C=CCN1C(=O)C2(/C(=C(/O)c3ccc(S(=O)(=O)N4CCCCC4)cc3)C(=O)C(=O)N2Cc2cccnc2)c2ccccc21. The number of pyridine rings is 1. The summed E-state index contributed by atoms with van der Waals surface area (Å²) >= 11 is 0. The van der Waals surface area contributed by atoms with E-state index >= 15 is 0 Å². The van der Waals surface area contributed by atoms with Crippen LogP contribution in [0.2, 0.25) is 0 Å². The van der Waals surface area contributed by atoms with Crippen LogP contribution in [-0.2, 0) is 36.5 Å². The second kappa shape index (κ2) is 10.9. The molecule has 2 saturated heterocycles. The molecule has 3 aliphatic rings. The minimum atomic E-state index is -3.74. The molecule has 11 heteroatoms. The number of piperidine rings is 1. The molecular formula is C32H30N4O6S. The van der Waals surface area contributed by atoms with Crippen molar-refractivity contribution < 1.29 is 27.9 Å². The maximum atomic E-state index is 14.5. The molecule has 0 saturated carbocycles. The number of hydrogen-bond acceptors (Lipinski definition) is 7. The van der Waals surface area contributed by atoms with E-state index in [0.29, 0.717) is 29.9 Å². The van der Waals surface area contributed by atoms with Crippen molar-refractivity contribution in [1.29, 1.82) is 0 Å². The molecule has 1 spiro atoms. The minimum absolute atomic E-state index is 0.0529. The Hall–Kier alpha value is -4.61. The highest BCUT2D eigenvalue weighted by atomic mass is 32.2. The van der Waals surface area contributed by atoms with Crippen molar-refractivity contribution in [2.24, 2.45) is 0 Å². The van der Waals surface area contributed by atoms with E-state index in [4.69, 9.17) is 0 Å². The van der Waals surface area contributed by atoms with Crippen molar-refractivity contribution in [3.05, 3.63) is 108 Å². The second-order valence-corrected chi connectivity index (χ2v) is 12.7. The molecule has 0 aliphatic carbocycles. The molecule has 10 nitrogen and oxygen atoms in total. The number of benzene rings is 2. The highest BCUT2D eigenvalue weighted by Gasteiger charge is 2.67. The maximum absolute atomic E-state index is 14.5. The van der Waals surface area contributed by atoms with Crippen molar-refractivity contribution in [3.63, 3.8) is 0 Å². The van der Waals surface area contributed by atoms with Gasteiger partial charge in [0.1, 0.15) is 5.76 Å². The highest BCUT2D eigenvalue weighted by molar-refractivity contribution is 7.89. The molecule has 43 heavy (non-hydrogen) atoms. The van der Waals surface area contributed by atoms with Crippen molar-refractivity contribution in [2.45, 2.75) is 36.2 Å². The Morgan fingerprint density at radius 2 is 1.70 bits per heavy atom. The zero-order chi connectivity index (χ0) is 30.4. The predicted octanol–water partition coefficient (Wildman–Crippen LogP) is 3.56. The molecule has 0 bridgehead atoms. The van der Waals surface area contributed by atoms with Gasteiger partial charge in [0.05, 0.1) is 16.2 Å². The normalized spacial score (nSPS) is 21.9. The Labute approximate surface area is 249 Å². The van der Waals surface area contributed by atoms with Gasteiger partial charge in [-0.05, 0) is 54.8 Å². The average molecular weight is 599 g/mol. The summed E-state index contributed by atoms with van der Waals surface area (Å²) in [6.07, 6.45) is 7.21. The number of nitrogens with zero attached hydrogens (tertiary/aromatic N) is 4. The van der Waals surface area contributed by atoms with Crippen LogP contribution in [0.5, 0.6) is 0 Å². The number of hydrogen-bond donors (Lipinski definition) is 1. The topological polar surface area (TPSA) is 128 Å². The summed E-state index contributed by atoms with van der Waals surface area (Å²) in [6, 6.07) is 15.8. The minimum Gasteiger partial charge on any atom is -0.507 e. The molecule has 2 aromatic carbocycles. The number of Topliss-reactive ketones (excluding diaryl/α,β-unsaturated/α-hetero) is 1. The van der Waals surface area contributed by atoms with Crippen molar-refractivity contribution in [3.8, 4) is 0 Å². The number of likely N-dealkylation sites (tertiary alicyclic amines) is 1. The third-order valence-corrected chi connectivity index (χ3v) is 10.2. The van der Waals surface area contributed by atoms with Crippen molar-refractivity contribution in [1.82, 2.24) is 14.2 Å². The first-order valence-corrected chi connectivity index (χ1v) is 15.5. The lowest BCUT2D eigenvalue weighted by molar-refractivity contribution is -0.144. The Morgan fingerprint density at radius 1 is 0.977 bits per heavy atom. The van der Waals surface area contributed by atoms with E-state index in [0.717, 1.165) is 19.3 Å². The molecule has 2 fully saturated rings. The lowest BCUT2D eigenvalue weighted by Gasteiger charge is -2.34. The average Bonchev–Trinajstić information content (AvgIpc) is 3.41. The van der Waals surface area contributed by atoms with Gasteiger partial charge < -0.3 is 14.9 Å². The van der Waals surface area contributed by atoms with Crippen LogP contribution in [0, 0.1) is 0 Å². The number of fused-ring (bicyclic) bond motifs is 2. The van der Waals surface area contributed by atoms with Crippen LogP contribution in [0.4, 0.5) is 5.69 Å². The lowest BCUT2D eigenvalue weighted by atomic mass is 9.81. The zero-order valence-electron chi connectivity index (χ0n) is 23.3. The van der Waals surface area contributed by atoms with Crippen LogP contribution in [0.1, 0.15) is 36.0 Å². The number of anilines is 1. The van der Waals surface area contributed by atoms with Gasteiger partial charge in [0.25, 0.3) is 17.6 Å². The summed E-state index contributed by atoms with van der Waals surface area (Å²) in [5, 5.41) is 11.7. The monoisotopic (exact) mass is 598 g/mol. The van der Waals surface area contributed by atoms with Gasteiger partial charge in [0.2, 0.25) is 10.0 Å². The number of carbonyl (C=O) groups is 3. The van der Waals surface area contributed by atoms with Crippen LogP contribution in [-0.4, -0.2) is 64.9 Å². The maximum Gasteiger partial charge on any atom is 0.296 e. The Balaban J connectivity index is 1.52. The first-order chi connectivity index (χ1) is 20.7. The number of carbonyl (C=O) groups excluding carboxylic acids is 3. The predicted molar refractivity (Wildman–Crippen MR) is 159 cm³/mol. The molecule has 6 rings (SSSR count). The molecule has 3 aromatic rings. The third kappa shape index (κ3) is 4.38. The number of aliphatic hydroxyl groups excluding tert-OH is 1. The largest absolute Gasteiger partial charge is 0.507 e. The molecule has 1 N–H and O–H groups in total. The van der Waals surface area contributed by atoms with Gasteiger partial charge in [-0.3, -0.25) is 19.4 Å². The molecule has 1 atom stereocenters. The summed E-state index contributed by atoms with van der Waals surface area (Å²) in [7, 11) is -3.74. The first-order valence-electron chi connectivity index (χ1n) is 14.0. The molecule has 3 aliphatic heterocycles. The summed E-state index contributed by atoms with van der Waals surface area (Å²) in [5.41, 5.74) is -0.800. The third-order valence-electron chi connectivity index (χ3n) is 8.26. The van der Waals surface area contributed by atoms with Crippen molar-refractivity contribution >= 4 is 39.1 Å². The van der Waals surface area contributed by atoms with Gasteiger partial charge in [0.15, 0.2) is 5.54 Å². The van der Waals surface area contributed by atoms with E-state index in [2.05, 4.69) is 11.6 Å². The second-order valence-electron chi connectivity index (χ2n) is 10.7. The summed E-state index contributed by atoms with van der Waals surface area (Å²) in [6.45, 7) is 4.63. The van der Waals surface area contributed by atoms with Crippen LogP contribution < -0.4 is 4.90 Å². The summed E-state index contributed by atoms with van der Waals surface area (Å²) in [4.78, 5) is 48.8. The van der Waals surface area contributed by atoms with E-state index in [-0.39, 0.29) is 29.1 Å². The molecule has 4 heterocycles. The zero-order valence-corrected chi connectivity index (χ0v) is 24.2. The quantitative estimate of drug-likeness (QED) is 0.191. The smallest absolute Gasteiger partial charge is 0.296 e. The van der Waals surface area contributed by atoms with Gasteiger partial charge in [-0.2, -0.15) is 4.31 Å². The van der Waals surface area contributed by atoms with Gasteiger partial charge in [-0.15, -0.1) is 6.58 Å². The molecule has 1 unspecified atom stereocenters. The van der Waals surface area contributed by atoms with Crippen LogP contribution in [0.15, 0.2) is 96.2 Å². The number of rotatable bonds is 7. The van der Waals surface area contributed by atoms with Gasteiger partial charge in [-0.25, -0.2) is 8.42 Å². The van der Waals surface area contributed by atoms with E-state index in [1.54, 1.807) is 54.9 Å². The molecular weight excluding hydrogens is 568 g/mol. The van der Waals surface area contributed by atoms with Gasteiger partial charge in [-0.1, -0.05) is 36.8 Å². The standard InChI is InChI=1S/C32H30N4O6S/c1-2-17-35-26-11-5-4-10-25(26)32(31(35)40)27(29(38)30(39)36(32)21-22-9-8-16-33-20-22)28(37)23-12-14-24(15-13-23)43(41,42)34-18-6-3-7-19-34/h2,4-5,8-16,20,37H,1,3,6-7,17-19,21H2/b28-27+. The summed E-state index contributed by atoms with van der Waals surface area (Å²) < 4.78 is 27.8. The van der Waals surface area contributed by atoms with Crippen LogP contribution >= 0.6 is 0 Å². The molecule has 220 valence electrons. The van der Waals surface area contributed by atoms with E-state index in [1.165, 1.54) is 38.4 Å². The van der Waals surface area contributed by atoms with E-state index in [9.17, 15) is 27.9 Å². The van der Waals surface area contributed by atoms with Crippen LogP contribution in [0.3, 0.4) is 0 Å². The fraction of sp³-hybridized carbons (Fsp3) is 0.250. The number of sulfonamides is 1. The summed E-state index contributed by atoms with van der Waals surface area (Å²) in [5.74, 6) is -3.12. The molecule has 2 amide bonds.